The quantitative estimate of drug-likeness (QED) is 0.306. The van der Waals surface area contributed by atoms with Crippen LogP contribution in [0, 0.1) is 17.8 Å². The molecule has 1 nitrogen and oxygen atoms in total. The van der Waals surface area contributed by atoms with E-state index in [9.17, 15) is 0 Å². The van der Waals surface area contributed by atoms with Crippen molar-refractivity contribution >= 4 is 0 Å². The first-order chi connectivity index (χ1) is 14.8. The van der Waals surface area contributed by atoms with E-state index < -0.39 is 0 Å². The molecule has 2 aromatic rings. The maximum atomic E-state index is 5.71. The molecule has 30 heavy (non-hydrogen) atoms. The fourth-order valence-corrected chi connectivity index (χ4v) is 4.32. The van der Waals surface area contributed by atoms with E-state index in [2.05, 4.69) is 74.2 Å². The van der Waals surface area contributed by atoms with Crippen LogP contribution < -0.4 is 4.74 Å². The van der Waals surface area contributed by atoms with Gasteiger partial charge in [0.2, 0.25) is 0 Å². The predicted octanol–water partition coefficient (Wildman–Crippen LogP) is 7.92. The van der Waals surface area contributed by atoms with Gasteiger partial charge in [-0.1, -0.05) is 69.2 Å². The van der Waals surface area contributed by atoms with Crippen LogP contribution in [0.5, 0.6) is 5.75 Å². The molecule has 3 rings (SSSR count). The van der Waals surface area contributed by atoms with Gasteiger partial charge in [0, 0.05) is 11.5 Å². The van der Waals surface area contributed by atoms with Crippen LogP contribution >= 0.6 is 0 Å². The zero-order chi connectivity index (χ0) is 21.0. The molecule has 0 bridgehead atoms. The average Bonchev–Trinajstić information content (AvgIpc) is 2.81. The molecule has 160 valence electrons. The fourth-order valence-electron chi connectivity index (χ4n) is 4.32. The first-order valence-corrected chi connectivity index (χ1v) is 12.1. The maximum absolute atomic E-state index is 5.71. The first kappa shape index (κ1) is 22.5. The lowest BCUT2D eigenvalue weighted by atomic mass is 9.79. The normalized spacial score (nSPS) is 18.5. The summed E-state index contributed by atoms with van der Waals surface area (Å²) >= 11 is 0. The molecule has 0 amide bonds. The van der Waals surface area contributed by atoms with Crippen molar-refractivity contribution in [2.75, 3.05) is 6.61 Å². The van der Waals surface area contributed by atoms with Gasteiger partial charge in [0.1, 0.15) is 5.75 Å². The van der Waals surface area contributed by atoms with Crippen LogP contribution in [0.3, 0.4) is 0 Å². The largest absolute Gasteiger partial charge is 0.494 e. The third kappa shape index (κ3) is 7.24. The Kier molecular flexibility index (Phi) is 9.36. The van der Waals surface area contributed by atoms with Crippen molar-refractivity contribution < 1.29 is 4.74 Å². The summed E-state index contributed by atoms with van der Waals surface area (Å²) in [7, 11) is 0. The molecule has 0 atom stereocenters. The molecule has 0 aromatic heterocycles. The number of ether oxygens (including phenoxy) is 1. The van der Waals surface area contributed by atoms with Crippen molar-refractivity contribution in [3.05, 3.63) is 65.2 Å². The van der Waals surface area contributed by atoms with Crippen LogP contribution in [0.4, 0.5) is 0 Å². The van der Waals surface area contributed by atoms with E-state index in [1.165, 1.54) is 68.9 Å². The molecule has 1 fully saturated rings. The van der Waals surface area contributed by atoms with Gasteiger partial charge in [0.15, 0.2) is 0 Å². The van der Waals surface area contributed by atoms with E-state index >= 15 is 0 Å². The van der Waals surface area contributed by atoms with Crippen LogP contribution in [0.1, 0.15) is 94.2 Å². The molecule has 0 radical (unpaired) electrons. The molecular formula is C29H38O. The summed E-state index contributed by atoms with van der Waals surface area (Å²) in [6.07, 6.45) is 12.5. The fraction of sp³-hybridized carbons (Fsp3) is 0.517. The molecule has 1 aliphatic rings. The van der Waals surface area contributed by atoms with Gasteiger partial charge in [0.05, 0.1) is 6.61 Å². The third-order valence-electron chi connectivity index (χ3n) is 6.25. The second kappa shape index (κ2) is 12.5. The summed E-state index contributed by atoms with van der Waals surface area (Å²) < 4.78 is 5.71. The van der Waals surface area contributed by atoms with Crippen molar-refractivity contribution in [1.82, 2.24) is 0 Å². The van der Waals surface area contributed by atoms with Crippen LogP contribution in [-0.2, 0) is 6.42 Å². The summed E-state index contributed by atoms with van der Waals surface area (Å²) in [4.78, 5) is 0. The molecular weight excluding hydrogens is 364 g/mol. The monoisotopic (exact) mass is 402 g/mol. The van der Waals surface area contributed by atoms with Gasteiger partial charge in [-0.25, -0.2) is 0 Å². The summed E-state index contributed by atoms with van der Waals surface area (Å²) in [6, 6.07) is 17.7. The van der Waals surface area contributed by atoms with E-state index in [-0.39, 0.29) is 0 Å². The molecule has 0 saturated heterocycles. The summed E-state index contributed by atoms with van der Waals surface area (Å²) in [5, 5.41) is 0. The van der Waals surface area contributed by atoms with Crippen molar-refractivity contribution in [2.45, 2.75) is 84.0 Å². The Labute approximate surface area is 184 Å². The van der Waals surface area contributed by atoms with Gasteiger partial charge in [-0.3, -0.25) is 0 Å². The number of hydrogen-bond acceptors (Lipinski definition) is 1. The smallest absolute Gasteiger partial charge is 0.119 e. The molecule has 2 aromatic carbocycles. The summed E-state index contributed by atoms with van der Waals surface area (Å²) in [5.74, 6) is 9.20. The highest BCUT2D eigenvalue weighted by molar-refractivity contribution is 5.37. The second-order valence-corrected chi connectivity index (χ2v) is 8.74. The van der Waals surface area contributed by atoms with Gasteiger partial charge in [-0.05, 0) is 86.3 Å². The number of aryl methyl sites for hydroxylation is 1. The highest BCUT2D eigenvalue weighted by Gasteiger charge is 2.21. The van der Waals surface area contributed by atoms with Crippen molar-refractivity contribution in [3.63, 3.8) is 0 Å². The van der Waals surface area contributed by atoms with Gasteiger partial charge in [-0.15, -0.1) is 0 Å². The van der Waals surface area contributed by atoms with E-state index in [4.69, 9.17) is 4.74 Å². The second-order valence-electron chi connectivity index (χ2n) is 8.74. The summed E-state index contributed by atoms with van der Waals surface area (Å²) in [5.41, 5.74) is 4.07. The Morgan fingerprint density at radius 3 is 2.20 bits per heavy atom. The minimum Gasteiger partial charge on any atom is -0.494 e. The Bertz CT molecular complexity index is 783. The Morgan fingerprint density at radius 2 is 1.53 bits per heavy atom. The lowest BCUT2D eigenvalue weighted by Crippen LogP contribution is -2.12. The Balaban J connectivity index is 1.44. The van der Waals surface area contributed by atoms with Crippen LogP contribution in [0.25, 0.3) is 0 Å². The predicted molar refractivity (Wildman–Crippen MR) is 128 cm³/mol. The maximum Gasteiger partial charge on any atom is 0.119 e. The molecule has 0 unspecified atom stereocenters. The first-order valence-electron chi connectivity index (χ1n) is 12.1. The van der Waals surface area contributed by atoms with E-state index in [1.807, 2.05) is 0 Å². The van der Waals surface area contributed by atoms with Crippen LogP contribution in [0.2, 0.25) is 0 Å². The molecule has 0 aliphatic heterocycles. The van der Waals surface area contributed by atoms with Crippen molar-refractivity contribution in [3.8, 4) is 17.6 Å². The van der Waals surface area contributed by atoms with Gasteiger partial charge in [-0.2, -0.15) is 0 Å². The van der Waals surface area contributed by atoms with Crippen LogP contribution in [0.15, 0.2) is 48.5 Å². The number of unbranched alkanes of at least 4 members (excludes halogenated alkanes) is 3. The molecule has 0 N–H and O–H groups in total. The van der Waals surface area contributed by atoms with Gasteiger partial charge < -0.3 is 4.74 Å². The topological polar surface area (TPSA) is 9.23 Å². The highest BCUT2D eigenvalue weighted by atomic mass is 16.5. The minimum atomic E-state index is 0.544. The minimum absolute atomic E-state index is 0.544. The summed E-state index contributed by atoms with van der Waals surface area (Å²) in [6.45, 7) is 5.20. The van der Waals surface area contributed by atoms with Gasteiger partial charge >= 0.3 is 0 Å². The molecule has 1 heteroatoms. The standard InChI is InChI=1S/C29H38O/c1-3-5-6-7-8-24-9-11-25(12-10-24)13-14-26-15-17-27(18-16-26)28-19-21-29(22-20-28)30-23-4-2/h9-12,19-22,26-27H,3-8,15-18,23H2,1-2H3/t26-,27-. The Hall–Kier alpha value is -2.20. The average molecular weight is 403 g/mol. The molecule has 1 saturated carbocycles. The van der Waals surface area contributed by atoms with Crippen molar-refractivity contribution in [1.29, 1.82) is 0 Å². The SMILES string of the molecule is CCCCCCc1ccc(C#C[C@H]2CC[C@H](c3ccc(OCCC)cc3)CC2)cc1. The molecule has 1 aliphatic carbocycles. The molecule has 0 heterocycles. The molecule has 0 spiro atoms. The van der Waals surface area contributed by atoms with E-state index in [0.717, 1.165) is 24.3 Å². The van der Waals surface area contributed by atoms with Gasteiger partial charge in [0.25, 0.3) is 0 Å². The van der Waals surface area contributed by atoms with E-state index in [1.54, 1.807) is 0 Å². The highest BCUT2D eigenvalue weighted by Crippen LogP contribution is 2.36. The number of hydrogen-bond donors (Lipinski definition) is 0. The number of benzene rings is 2. The Morgan fingerprint density at radius 1 is 0.800 bits per heavy atom. The van der Waals surface area contributed by atoms with Crippen LogP contribution in [-0.4, -0.2) is 6.61 Å². The third-order valence-corrected chi connectivity index (χ3v) is 6.25. The lowest BCUT2D eigenvalue weighted by molar-refractivity contribution is 0.317. The van der Waals surface area contributed by atoms with Crippen molar-refractivity contribution in [2.24, 2.45) is 5.92 Å². The zero-order valence-corrected chi connectivity index (χ0v) is 19.0. The zero-order valence-electron chi connectivity index (χ0n) is 19.0. The van der Waals surface area contributed by atoms with E-state index in [0.29, 0.717) is 11.8 Å². The lowest BCUT2D eigenvalue weighted by Gasteiger charge is -2.26. The number of rotatable bonds is 9.